The Morgan fingerprint density at radius 3 is 2.64 bits per heavy atom. The van der Waals surface area contributed by atoms with Gasteiger partial charge in [-0.15, -0.1) is 0 Å². The van der Waals surface area contributed by atoms with Crippen molar-refractivity contribution in [1.29, 1.82) is 0 Å². The lowest BCUT2D eigenvalue weighted by Crippen LogP contribution is -2.28. The molecule has 128 valence electrons. The molecule has 0 bridgehead atoms. The molecule has 6 nitrogen and oxygen atoms in total. The van der Waals surface area contributed by atoms with Crippen molar-refractivity contribution in [2.75, 3.05) is 16.8 Å². The third-order valence-corrected chi connectivity index (χ3v) is 4.23. The van der Waals surface area contributed by atoms with Crippen molar-refractivity contribution in [2.45, 2.75) is 6.42 Å². The average Bonchev–Trinajstić information content (AvgIpc) is 2.97. The van der Waals surface area contributed by atoms with Gasteiger partial charge in [-0.1, -0.05) is 23.7 Å². The number of carboxylic acid groups (broad SMARTS) is 1. The second-order valence-corrected chi connectivity index (χ2v) is 6.20. The van der Waals surface area contributed by atoms with Crippen LogP contribution in [0.4, 0.5) is 11.4 Å². The number of anilines is 2. The first-order valence-corrected chi connectivity index (χ1v) is 8.02. The molecular weight excluding hydrogens is 344 g/mol. The van der Waals surface area contributed by atoms with Crippen LogP contribution in [0.5, 0.6) is 0 Å². The third-order valence-electron chi connectivity index (χ3n) is 3.99. The number of carbonyl (C=O) groups excluding carboxylic acids is 2. The van der Waals surface area contributed by atoms with Gasteiger partial charge >= 0.3 is 5.97 Å². The molecule has 0 spiro atoms. The number of carbonyl (C=O) groups is 3. The van der Waals surface area contributed by atoms with E-state index in [2.05, 4.69) is 5.32 Å². The van der Waals surface area contributed by atoms with Gasteiger partial charge in [0, 0.05) is 29.4 Å². The molecule has 1 heterocycles. The van der Waals surface area contributed by atoms with Crippen LogP contribution >= 0.6 is 11.6 Å². The molecule has 1 aliphatic heterocycles. The van der Waals surface area contributed by atoms with Crippen molar-refractivity contribution in [2.24, 2.45) is 5.92 Å². The number of hydrogen-bond acceptors (Lipinski definition) is 3. The summed E-state index contributed by atoms with van der Waals surface area (Å²) >= 11 is 5.95. The van der Waals surface area contributed by atoms with Gasteiger partial charge < -0.3 is 15.3 Å². The SMILES string of the molecule is O=C(O)c1cccc(NC(=O)[C@H]2CC(=O)N(c3cccc(Cl)c3)C2)c1. The predicted octanol–water partition coefficient (Wildman–Crippen LogP) is 3.03. The van der Waals surface area contributed by atoms with E-state index in [-0.39, 0.29) is 30.3 Å². The lowest BCUT2D eigenvalue weighted by molar-refractivity contribution is -0.122. The van der Waals surface area contributed by atoms with E-state index in [1.807, 2.05) is 0 Å². The number of nitrogens with zero attached hydrogens (tertiary/aromatic N) is 1. The van der Waals surface area contributed by atoms with E-state index in [4.69, 9.17) is 16.7 Å². The summed E-state index contributed by atoms with van der Waals surface area (Å²) in [5.74, 6) is -2.05. The van der Waals surface area contributed by atoms with Crippen LogP contribution in [0.2, 0.25) is 5.02 Å². The minimum atomic E-state index is -1.07. The molecule has 0 saturated carbocycles. The zero-order valence-corrected chi connectivity index (χ0v) is 13.9. The molecule has 1 atom stereocenters. The smallest absolute Gasteiger partial charge is 0.335 e. The molecule has 25 heavy (non-hydrogen) atoms. The number of halogens is 1. The zero-order valence-electron chi connectivity index (χ0n) is 13.1. The van der Waals surface area contributed by atoms with Crippen LogP contribution in [0.25, 0.3) is 0 Å². The molecule has 2 aromatic rings. The van der Waals surface area contributed by atoms with Gasteiger partial charge in [0.05, 0.1) is 11.5 Å². The van der Waals surface area contributed by atoms with Gasteiger partial charge in [-0.25, -0.2) is 4.79 Å². The van der Waals surface area contributed by atoms with Crippen molar-refractivity contribution >= 4 is 40.8 Å². The molecule has 1 saturated heterocycles. The largest absolute Gasteiger partial charge is 0.478 e. The maximum absolute atomic E-state index is 12.4. The fourth-order valence-electron chi connectivity index (χ4n) is 2.75. The van der Waals surface area contributed by atoms with E-state index >= 15 is 0 Å². The lowest BCUT2D eigenvalue weighted by atomic mass is 10.1. The second kappa shape index (κ2) is 6.94. The fraction of sp³-hybridized carbons (Fsp3) is 0.167. The van der Waals surface area contributed by atoms with Crippen molar-refractivity contribution in [3.8, 4) is 0 Å². The molecule has 0 aliphatic carbocycles. The topological polar surface area (TPSA) is 86.7 Å². The molecule has 2 amide bonds. The van der Waals surface area contributed by atoms with Gasteiger partial charge in [0.15, 0.2) is 0 Å². The maximum atomic E-state index is 12.4. The molecule has 2 aromatic carbocycles. The lowest BCUT2D eigenvalue weighted by Gasteiger charge is -2.17. The summed E-state index contributed by atoms with van der Waals surface area (Å²) in [5.41, 5.74) is 1.13. The van der Waals surface area contributed by atoms with Crippen LogP contribution < -0.4 is 10.2 Å². The van der Waals surface area contributed by atoms with Gasteiger partial charge in [0.25, 0.3) is 0 Å². The fourth-order valence-corrected chi connectivity index (χ4v) is 2.94. The van der Waals surface area contributed by atoms with Crippen molar-refractivity contribution in [3.63, 3.8) is 0 Å². The number of hydrogen-bond donors (Lipinski definition) is 2. The molecule has 2 N–H and O–H groups in total. The molecule has 0 aromatic heterocycles. The minimum Gasteiger partial charge on any atom is -0.478 e. The van der Waals surface area contributed by atoms with Gasteiger partial charge in [-0.05, 0) is 36.4 Å². The van der Waals surface area contributed by atoms with E-state index in [0.29, 0.717) is 16.4 Å². The Labute approximate surface area is 149 Å². The summed E-state index contributed by atoms with van der Waals surface area (Å²) in [5, 5.41) is 12.2. The van der Waals surface area contributed by atoms with Crippen molar-refractivity contribution in [3.05, 3.63) is 59.1 Å². The second-order valence-electron chi connectivity index (χ2n) is 5.76. The Balaban J connectivity index is 1.71. The van der Waals surface area contributed by atoms with Crippen LogP contribution in [-0.2, 0) is 9.59 Å². The first-order valence-electron chi connectivity index (χ1n) is 7.64. The van der Waals surface area contributed by atoms with E-state index in [0.717, 1.165) is 0 Å². The Morgan fingerprint density at radius 2 is 1.92 bits per heavy atom. The van der Waals surface area contributed by atoms with Crippen LogP contribution in [0.15, 0.2) is 48.5 Å². The Bertz CT molecular complexity index is 852. The summed E-state index contributed by atoms with van der Waals surface area (Å²) in [6.45, 7) is 0.254. The highest BCUT2D eigenvalue weighted by molar-refractivity contribution is 6.31. The maximum Gasteiger partial charge on any atom is 0.335 e. The average molecular weight is 359 g/mol. The number of carboxylic acids is 1. The number of nitrogens with one attached hydrogen (secondary N) is 1. The van der Waals surface area contributed by atoms with Gasteiger partial charge in [0.1, 0.15) is 0 Å². The standard InChI is InChI=1S/C18H15ClN2O4/c19-13-4-2-6-15(9-13)21-10-12(8-16(21)22)17(23)20-14-5-1-3-11(7-14)18(24)25/h1-7,9,12H,8,10H2,(H,20,23)(H,24,25)/t12-/m0/s1. The zero-order chi connectivity index (χ0) is 18.0. The molecule has 1 fully saturated rings. The highest BCUT2D eigenvalue weighted by Gasteiger charge is 2.35. The van der Waals surface area contributed by atoms with Gasteiger partial charge in [0.2, 0.25) is 11.8 Å². The van der Waals surface area contributed by atoms with Gasteiger partial charge in [-0.2, -0.15) is 0 Å². The summed E-state index contributed by atoms with van der Waals surface area (Å²) in [7, 11) is 0. The molecule has 7 heteroatoms. The molecule has 0 radical (unpaired) electrons. The van der Waals surface area contributed by atoms with Crippen LogP contribution in [0.3, 0.4) is 0 Å². The first kappa shape index (κ1) is 17.0. The minimum absolute atomic E-state index is 0.0841. The normalized spacial score (nSPS) is 16.8. The highest BCUT2D eigenvalue weighted by atomic mass is 35.5. The van der Waals surface area contributed by atoms with E-state index in [9.17, 15) is 14.4 Å². The van der Waals surface area contributed by atoms with E-state index in [1.165, 1.54) is 17.0 Å². The number of benzene rings is 2. The van der Waals surface area contributed by atoms with Crippen molar-refractivity contribution in [1.82, 2.24) is 0 Å². The molecule has 0 unspecified atom stereocenters. The van der Waals surface area contributed by atoms with Gasteiger partial charge in [-0.3, -0.25) is 9.59 Å². The summed E-state index contributed by atoms with van der Waals surface area (Å²) in [6, 6.07) is 12.9. The number of aromatic carboxylic acids is 1. The van der Waals surface area contributed by atoms with E-state index < -0.39 is 11.9 Å². The Hall–Kier alpha value is -2.86. The molecule has 1 aliphatic rings. The van der Waals surface area contributed by atoms with Crippen LogP contribution in [-0.4, -0.2) is 29.4 Å². The molecule has 3 rings (SSSR count). The summed E-state index contributed by atoms with van der Waals surface area (Å²) < 4.78 is 0. The number of rotatable bonds is 4. The number of amides is 2. The van der Waals surface area contributed by atoms with Crippen LogP contribution in [0, 0.1) is 5.92 Å². The molecular formula is C18H15ClN2O4. The summed E-state index contributed by atoms with van der Waals surface area (Å²) in [4.78, 5) is 37.2. The van der Waals surface area contributed by atoms with E-state index in [1.54, 1.807) is 36.4 Å². The summed E-state index contributed by atoms with van der Waals surface area (Å²) in [6.07, 6.45) is 0.0942. The Kier molecular flexibility index (Phi) is 4.72. The quantitative estimate of drug-likeness (QED) is 0.879. The first-order chi connectivity index (χ1) is 11.9. The Morgan fingerprint density at radius 1 is 1.16 bits per heavy atom. The predicted molar refractivity (Wildman–Crippen MR) is 93.9 cm³/mol. The highest BCUT2D eigenvalue weighted by Crippen LogP contribution is 2.28. The third kappa shape index (κ3) is 3.80. The monoisotopic (exact) mass is 358 g/mol. The van der Waals surface area contributed by atoms with Crippen molar-refractivity contribution < 1.29 is 19.5 Å². The van der Waals surface area contributed by atoms with Crippen LogP contribution in [0.1, 0.15) is 16.8 Å².